The monoisotopic (exact) mass is 584 g/mol. The van der Waals surface area contributed by atoms with E-state index in [0.29, 0.717) is 12.3 Å². The Hall–Kier alpha value is 0.180. The van der Waals surface area contributed by atoms with Crippen LogP contribution in [0.25, 0.3) is 0 Å². The van der Waals surface area contributed by atoms with Gasteiger partial charge in [0.2, 0.25) is 0 Å². The quantitative estimate of drug-likeness (QED) is 0.127. The molecule has 0 bridgehead atoms. The predicted octanol–water partition coefficient (Wildman–Crippen LogP) is 7.71. The van der Waals surface area contributed by atoms with Crippen LogP contribution in [0, 0.1) is 35.5 Å². The summed E-state index contributed by atoms with van der Waals surface area (Å²) in [4.78, 5) is 0. The Morgan fingerprint density at radius 3 is 1.67 bits per heavy atom. The van der Waals surface area contributed by atoms with Crippen molar-refractivity contribution in [3.05, 3.63) is 0 Å². The summed E-state index contributed by atoms with van der Waals surface area (Å²) in [5, 5.41) is 6.78. The minimum Gasteiger partial charge on any atom is -0.316 e. The summed E-state index contributed by atoms with van der Waals surface area (Å²) in [6, 6.07) is 0. The molecule has 0 aliphatic heterocycles. The topological polar surface area (TPSA) is 67.4 Å². The fourth-order valence-electron chi connectivity index (χ4n) is 8.55. The van der Waals surface area contributed by atoms with Crippen LogP contribution in [0.4, 0.5) is 0 Å². The zero-order valence-electron chi connectivity index (χ0n) is 24.9. The van der Waals surface area contributed by atoms with E-state index in [-0.39, 0.29) is 6.61 Å². The van der Waals surface area contributed by atoms with Crippen molar-refractivity contribution in [2.24, 2.45) is 35.5 Å². The van der Waals surface area contributed by atoms with Crippen molar-refractivity contribution in [2.75, 3.05) is 38.5 Å². The zero-order valence-corrected chi connectivity index (χ0v) is 26.5. The number of fused-ring (bicyclic) bond motifs is 2. The van der Waals surface area contributed by atoms with E-state index in [2.05, 4.69) is 10.6 Å². The average Bonchev–Trinajstić information content (AvgIpc) is 2.95. The van der Waals surface area contributed by atoms with Gasteiger partial charge in [0.15, 0.2) is 0 Å². The molecule has 0 aromatic rings. The van der Waals surface area contributed by atoms with Crippen molar-refractivity contribution in [1.82, 2.24) is 10.6 Å². The fraction of sp³-hybridized carbons (Fsp3) is 1.00. The van der Waals surface area contributed by atoms with Gasteiger partial charge in [-0.3, -0.25) is 4.18 Å². The highest BCUT2D eigenvalue weighted by Crippen LogP contribution is 2.45. The van der Waals surface area contributed by atoms with Gasteiger partial charge in [0.25, 0.3) is 0 Å². The first-order valence-electron chi connectivity index (χ1n) is 17.0. The minimum absolute atomic E-state index is 0.233. The van der Waals surface area contributed by atoms with Gasteiger partial charge in [0.1, 0.15) is 0 Å². The van der Waals surface area contributed by atoms with Gasteiger partial charge in [-0.2, -0.15) is 8.42 Å². The van der Waals surface area contributed by atoms with E-state index in [1.54, 1.807) is 0 Å². The van der Waals surface area contributed by atoms with Crippen LogP contribution in [0.2, 0.25) is 0 Å². The first kappa shape index (κ1) is 32.1. The number of unbranched alkanes of at least 4 members (excludes halogenated alkanes) is 2. The van der Waals surface area contributed by atoms with Gasteiger partial charge in [0, 0.05) is 18.8 Å². The zero-order chi connectivity index (χ0) is 27.2. The molecular weight excluding hydrogens is 524 g/mol. The van der Waals surface area contributed by atoms with Gasteiger partial charge < -0.3 is 10.6 Å². The molecule has 0 spiro atoms. The molecule has 2 N–H and O–H groups in total. The maximum Gasteiger partial charge on any atom is 0.322 e. The maximum absolute atomic E-state index is 12.1. The molecule has 5 nitrogen and oxygen atoms in total. The Morgan fingerprint density at radius 2 is 1.10 bits per heavy atom. The minimum atomic E-state index is -3.49. The first-order chi connectivity index (χ1) is 19.1. The van der Waals surface area contributed by atoms with Crippen molar-refractivity contribution in [1.29, 1.82) is 0 Å². The van der Waals surface area contributed by atoms with E-state index in [1.807, 2.05) is 0 Å². The third kappa shape index (κ3) is 12.1. The van der Waals surface area contributed by atoms with Crippen molar-refractivity contribution in [3.8, 4) is 0 Å². The summed E-state index contributed by atoms with van der Waals surface area (Å²) in [7, 11) is -2.56. The summed E-state index contributed by atoms with van der Waals surface area (Å²) in [5.41, 5.74) is 0. The Kier molecular flexibility index (Phi) is 14.8. The number of hydrogen-bond acceptors (Lipinski definition) is 6. The van der Waals surface area contributed by atoms with Gasteiger partial charge in [-0.15, -0.1) is 0 Å². The van der Waals surface area contributed by atoms with Crippen LogP contribution < -0.4 is 10.6 Å². The van der Waals surface area contributed by atoms with Crippen LogP contribution in [0.1, 0.15) is 128 Å². The standard InChI is InChI=1S/C32H60N2O3S2/c35-39(36,37-23-21-33-19-7-5-9-27-15-17-29-11-1-3-13-31(29)25-27)38-24-22-34-20-8-6-10-28-16-18-30-12-2-4-14-32(30)26-28/h27-34H,1-26H2. The lowest BCUT2D eigenvalue weighted by atomic mass is 9.67. The van der Waals surface area contributed by atoms with Crippen LogP contribution in [-0.2, 0) is 13.3 Å². The van der Waals surface area contributed by atoms with Gasteiger partial charge in [-0.25, -0.2) is 0 Å². The molecule has 4 fully saturated rings. The molecule has 6 unspecified atom stereocenters. The second-order valence-corrected chi connectivity index (χ2v) is 17.1. The molecule has 0 heterocycles. The normalized spacial score (nSPS) is 31.5. The lowest BCUT2D eigenvalue weighted by Gasteiger charge is -2.39. The van der Waals surface area contributed by atoms with Crippen molar-refractivity contribution >= 4 is 19.9 Å². The van der Waals surface area contributed by atoms with E-state index >= 15 is 0 Å². The Bertz CT molecular complexity index is 709. The molecular formula is C32H60N2O3S2. The molecule has 228 valence electrons. The van der Waals surface area contributed by atoms with Gasteiger partial charge in [-0.05, 0) is 97.9 Å². The molecule has 0 amide bonds. The second kappa shape index (κ2) is 18.0. The second-order valence-electron chi connectivity index (χ2n) is 13.5. The Morgan fingerprint density at radius 1 is 0.590 bits per heavy atom. The van der Waals surface area contributed by atoms with Crippen molar-refractivity contribution in [2.45, 2.75) is 128 Å². The molecule has 0 radical (unpaired) electrons. The summed E-state index contributed by atoms with van der Waals surface area (Å²) >= 11 is 0. The van der Waals surface area contributed by atoms with Crippen molar-refractivity contribution in [3.63, 3.8) is 0 Å². The van der Waals surface area contributed by atoms with E-state index in [1.165, 1.54) is 128 Å². The number of hydrogen-bond donors (Lipinski definition) is 2. The summed E-state index contributed by atoms with van der Waals surface area (Å²) in [5.74, 6) is 6.63. The van der Waals surface area contributed by atoms with Crippen molar-refractivity contribution < 1.29 is 12.6 Å². The lowest BCUT2D eigenvalue weighted by Crippen LogP contribution is -2.27. The molecule has 7 heteroatoms. The summed E-state index contributed by atoms with van der Waals surface area (Å²) in [6.07, 6.45) is 28.4. The van der Waals surface area contributed by atoms with Crippen LogP contribution in [-0.4, -0.2) is 47.0 Å². The van der Waals surface area contributed by atoms with Crippen LogP contribution in [0.15, 0.2) is 0 Å². The average molecular weight is 585 g/mol. The first-order valence-corrected chi connectivity index (χ1v) is 20.0. The highest BCUT2D eigenvalue weighted by atomic mass is 33.1. The molecule has 0 aromatic carbocycles. The maximum atomic E-state index is 12.1. The predicted molar refractivity (Wildman–Crippen MR) is 166 cm³/mol. The third-order valence-corrected chi connectivity index (χ3v) is 13.5. The van der Waals surface area contributed by atoms with Crippen LogP contribution in [0.5, 0.6) is 0 Å². The van der Waals surface area contributed by atoms with Gasteiger partial charge in [0.05, 0.1) is 6.61 Å². The highest BCUT2D eigenvalue weighted by molar-refractivity contribution is 8.70. The van der Waals surface area contributed by atoms with E-state index in [0.717, 1.165) is 65.9 Å². The van der Waals surface area contributed by atoms with E-state index < -0.39 is 9.15 Å². The fourth-order valence-corrected chi connectivity index (χ4v) is 10.6. The Labute approximate surface area is 245 Å². The number of rotatable bonds is 18. The van der Waals surface area contributed by atoms with E-state index in [9.17, 15) is 8.42 Å². The largest absolute Gasteiger partial charge is 0.322 e. The smallest absolute Gasteiger partial charge is 0.316 e. The summed E-state index contributed by atoms with van der Waals surface area (Å²) in [6.45, 7) is 3.51. The molecule has 4 rings (SSSR count). The highest BCUT2D eigenvalue weighted by Gasteiger charge is 2.32. The van der Waals surface area contributed by atoms with Gasteiger partial charge >= 0.3 is 9.15 Å². The molecule has 4 saturated carbocycles. The third-order valence-electron chi connectivity index (χ3n) is 10.7. The molecule has 0 saturated heterocycles. The van der Waals surface area contributed by atoms with Gasteiger partial charge in [-0.1, -0.05) is 89.9 Å². The SMILES string of the molecule is O=S(=O)(OCCNCCCCC1CCC2CCCCC2C1)SCCNCCCCC1CCC2CCCCC2C1. The van der Waals surface area contributed by atoms with Crippen LogP contribution >= 0.6 is 10.8 Å². The van der Waals surface area contributed by atoms with Crippen LogP contribution in [0.3, 0.4) is 0 Å². The molecule has 4 aliphatic carbocycles. The molecule has 6 atom stereocenters. The summed E-state index contributed by atoms with van der Waals surface area (Å²) < 4.78 is 29.4. The molecule has 39 heavy (non-hydrogen) atoms. The number of nitrogens with one attached hydrogen (secondary N) is 2. The molecule has 4 aliphatic rings. The Balaban J connectivity index is 0.898. The molecule has 0 aromatic heterocycles. The van der Waals surface area contributed by atoms with E-state index in [4.69, 9.17) is 4.18 Å². The lowest BCUT2D eigenvalue weighted by molar-refractivity contribution is 0.124.